The van der Waals surface area contributed by atoms with Crippen molar-refractivity contribution in [2.45, 2.75) is 13.5 Å². The molecule has 0 atom stereocenters. The van der Waals surface area contributed by atoms with E-state index in [2.05, 4.69) is 31.8 Å². The van der Waals surface area contributed by atoms with Gasteiger partial charge < -0.3 is 4.74 Å². The third-order valence-corrected chi connectivity index (χ3v) is 2.17. The number of ether oxygens (including phenoxy) is 1. The van der Waals surface area contributed by atoms with Crippen molar-refractivity contribution in [3.05, 3.63) is 65.7 Å². The Bertz CT molecular complexity index is 431. The van der Waals surface area contributed by atoms with Gasteiger partial charge in [-0.2, -0.15) is 17.7 Å². The number of benzene rings is 2. The fourth-order valence-corrected chi connectivity index (χ4v) is 1.39. The molecule has 2 aromatic carbocycles. The fourth-order valence-electron chi connectivity index (χ4n) is 1.39. The Kier molecular flexibility index (Phi) is 7.15. The first-order chi connectivity index (χ1) is 8.34. The van der Waals surface area contributed by atoms with Gasteiger partial charge in [-0.1, -0.05) is 37.3 Å². The SMILES string of the molecule is Cc1[c-]ccc(OCc2ccccc2)c1.[Zn+][Br]. The van der Waals surface area contributed by atoms with Gasteiger partial charge in [-0.15, -0.1) is 12.1 Å². The molecule has 3 heteroatoms. The van der Waals surface area contributed by atoms with Crippen molar-refractivity contribution in [2.24, 2.45) is 0 Å². The Balaban J connectivity index is 0.000000686. The number of hydrogen-bond donors (Lipinski definition) is 0. The van der Waals surface area contributed by atoms with Gasteiger partial charge in [-0.25, -0.2) is 0 Å². The minimum absolute atomic E-state index is 0.615. The standard InChI is InChI=1S/C14H13O.BrH.Zn/c1-12-6-5-9-14(10-12)15-11-13-7-3-2-4-8-13;;/h2-5,7-10H,11H2,1H3;1H;/q-1;;+2/p-1. The number of rotatable bonds is 3. The molecule has 2 aromatic rings. The van der Waals surface area contributed by atoms with E-state index in [0.717, 1.165) is 11.3 Å². The molecule has 0 spiro atoms. The van der Waals surface area contributed by atoms with Gasteiger partial charge in [0, 0.05) is 5.75 Å². The van der Waals surface area contributed by atoms with E-state index in [1.54, 1.807) is 0 Å². The molecule has 0 bridgehead atoms. The average molecular weight is 343 g/mol. The molecule has 1 nitrogen and oxygen atoms in total. The Hall–Kier alpha value is -0.657. The molecule has 0 fully saturated rings. The summed E-state index contributed by atoms with van der Waals surface area (Å²) in [7, 11) is 0. The second kappa shape index (κ2) is 8.44. The third-order valence-electron chi connectivity index (χ3n) is 2.17. The summed E-state index contributed by atoms with van der Waals surface area (Å²) in [5, 5.41) is 0. The first-order valence-corrected chi connectivity index (χ1v) is 12.2. The van der Waals surface area contributed by atoms with Gasteiger partial charge in [0.05, 0.1) is 0 Å². The van der Waals surface area contributed by atoms with Crippen molar-refractivity contribution in [3.8, 4) is 5.75 Å². The maximum atomic E-state index is 5.65. The third kappa shape index (κ3) is 5.47. The van der Waals surface area contributed by atoms with Gasteiger partial charge in [-0.3, -0.25) is 0 Å². The molecule has 0 saturated heterocycles. The molecule has 0 heterocycles. The van der Waals surface area contributed by atoms with E-state index in [9.17, 15) is 0 Å². The van der Waals surface area contributed by atoms with Crippen LogP contribution in [-0.2, 0) is 22.9 Å². The van der Waals surface area contributed by atoms with E-state index < -0.39 is 0 Å². The molecular weight excluding hydrogens is 329 g/mol. The van der Waals surface area contributed by atoms with Crippen LogP contribution in [0.2, 0.25) is 0 Å². The molecule has 0 saturated carbocycles. The van der Waals surface area contributed by atoms with E-state index in [1.165, 1.54) is 21.9 Å². The number of aryl methyl sites for hydroxylation is 1. The summed E-state index contributed by atoms with van der Waals surface area (Å²) in [6, 6.07) is 19.0. The molecule has 0 amide bonds. The molecule has 17 heavy (non-hydrogen) atoms. The Labute approximate surface area is 119 Å². The van der Waals surface area contributed by atoms with Gasteiger partial charge in [0.1, 0.15) is 6.61 Å². The Morgan fingerprint density at radius 2 is 1.88 bits per heavy atom. The second-order valence-electron chi connectivity index (χ2n) is 3.48. The topological polar surface area (TPSA) is 9.23 Å². The first-order valence-electron chi connectivity index (χ1n) is 5.26. The van der Waals surface area contributed by atoms with Crippen LogP contribution in [0.15, 0.2) is 48.5 Å². The molecule has 0 radical (unpaired) electrons. The van der Waals surface area contributed by atoms with Crippen LogP contribution in [0, 0.1) is 13.0 Å². The van der Waals surface area contributed by atoms with Crippen LogP contribution >= 0.6 is 13.6 Å². The maximum absolute atomic E-state index is 5.65. The summed E-state index contributed by atoms with van der Waals surface area (Å²) in [5.74, 6) is 0.898. The zero-order valence-electron chi connectivity index (χ0n) is 9.82. The molecular formula is C14H13BrOZn. The van der Waals surface area contributed by atoms with E-state index in [0.29, 0.717) is 6.61 Å². The Morgan fingerprint density at radius 3 is 2.53 bits per heavy atom. The van der Waals surface area contributed by atoms with Crippen molar-refractivity contribution >= 4 is 13.6 Å². The summed E-state index contributed by atoms with van der Waals surface area (Å²) < 4.78 is 5.65. The molecule has 0 aromatic heterocycles. The van der Waals surface area contributed by atoms with Crippen molar-refractivity contribution in [1.82, 2.24) is 0 Å². The second-order valence-corrected chi connectivity index (χ2v) is 3.48. The molecule has 0 N–H and O–H groups in total. The van der Waals surface area contributed by atoms with Crippen LogP contribution in [-0.4, -0.2) is 0 Å². The van der Waals surface area contributed by atoms with Crippen molar-refractivity contribution in [1.29, 1.82) is 0 Å². The fraction of sp³-hybridized carbons (Fsp3) is 0.143. The number of halogens is 1. The van der Waals surface area contributed by atoms with E-state index in [4.69, 9.17) is 4.74 Å². The van der Waals surface area contributed by atoms with Crippen molar-refractivity contribution < 1.29 is 21.1 Å². The summed E-state index contributed by atoms with van der Waals surface area (Å²) in [6.45, 7) is 2.62. The first kappa shape index (κ1) is 14.4. The van der Waals surface area contributed by atoms with Gasteiger partial charge in [0.25, 0.3) is 0 Å². The zero-order valence-corrected chi connectivity index (χ0v) is 14.4. The van der Waals surface area contributed by atoms with Gasteiger partial charge >= 0.3 is 30.0 Å². The molecule has 0 unspecified atom stereocenters. The summed E-state index contributed by atoms with van der Waals surface area (Å²) in [5.41, 5.74) is 2.28. The monoisotopic (exact) mass is 340 g/mol. The molecule has 0 aliphatic rings. The molecule has 84 valence electrons. The van der Waals surface area contributed by atoms with Gasteiger partial charge in [0.2, 0.25) is 0 Å². The van der Waals surface area contributed by atoms with Crippen LogP contribution in [0.1, 0.15) is 11.1 Å². The quantitative estimate of drug-likeness (QED) is 0.599. The van der Waals surface area contributed by atoms with Crippen LogP contribution < -0.4 is 4.74 Å². The van der Waals surface area contributed by atoms with E-state index in [1.807, 2.05) is 43.3 Å². The van der Waals surface area contributed by atoms with Crippen LogP contribution in [0.4, 0.5) is 0 Å². The van der Waals surface area contributed by atoms with Crippen molar-refractivity contribution in [2.75, 3.05) is 0 Å². The zero-order chi connectivity index (χ0) is 12.5. The minimum atomic E-state index is 0.615. The van der Waals surface area contributed by atoms with Crippen LogP contribution in [0.5, 0.6) is 5.75 Å². The molecule has 2 rings (SSSR count). The summed E-state index contributed by atoms with van der Waals surface area (Å²) >= 11 is 4.25. The van der Waals surface area contributed by atoms with E-state index >= 15 is 0 Å². The predicted molar refractivity (Wildman–Crippen MR) is 69.7 cm³/mol. The van der Waals surface area contributed by atoms with Gasteiger partial charge in [-0.05, 0) is 5.56 Å². The number of hydrogen-bond acceptors (Lipinski definition) is 1. The molecule has 0 aliphatic heterocycles. The summed E-state index contributed by atoms with van der Waals surface area (Å²) in [6.07, 6.45) is 0. The van der Waals surface area contributed by atoms with Crippen LogP contribution in [0.3, 0.4) is 0 Å². The average Bonchev–Trinajstić information content (AvgIpc) is 2.40. The normalized spacial score (nSPS) is 9.18. The summed E-state index contributed by atoms with van der Waals surface area (Å²) in [4.78, 5) is 0. The van der Waals surface area contributed by atoms with Crippen molar-refractivity contribution in [3.63, 3.8) is 0 Å². The predicted octanol–water partition coefficient (Wildman–Crippen LogP) is 4.22. The van der Waals surface area contributed by atoms with Crippen LogP contribution in [0.25, 0.3) is 0 Å². The molecule has 0 aliphatic carbocycles. The van der Waals surface area contributed by atoms with E-state index in [-0.39, 0.29) is 0 Å². The Morgan fingerprint density at radius 1 is 1.18 bits per heavy atom. The van der Waals surface area contributed by atoms with Gasteiger partial charge in [0.15, 0.2) is 0 Å².